The van der Waals surface area contributed by atoms with Gasteiger partial charge in [-0.1, -0.05) is 12.2 Å². The highest BCUT2D eigenvalue weighted by molar-refractivity contribution is 5.77. The Morgan fingerprint density at radius 2 is 2.44 bits per heavy atom. The molecule has 0 unspecified atom stereocenters. The number of hydrogen-bond donors (Lipinski definition) is 0. The van der Waals surface area contributed by atoms with Crippen molar-refractivity contribution in [3.63, 3.8) is 0 Å². The van der Waals surface area contributed by atoms with E-state index >= 15 is 0 Å². The lowest BCUT2D eigenvalue weighted by Crippen LogP contribution is -2.45. The Balaban J connectivity index is 2.34. The first-order valence-corrected chi connectivity index (χ1v) is 5.77. The number of amides is 1. The van der Waals surface area contributed by atoms with Gasteiger partial charge in [-0.3, -0.25) is 4.79 Å². The van der Waals surface area contributed by atoms with Gasteiger partial charge in [0.25, 0.3) is 0 Å². The Bertz CT molecular complexity index is 240. The monoisotopic (exact) mass is 227 g/mol. The number of carbonyl (C=O) groups excluding carboxylic acids is 1. The predicted molar refractivity (Wildman–Crippen MR) is 62.2 cm³/mol. The van der Waals surface area contributed by atoms with Gasteiger partial charge in [0.2, 0.25) is 5.91 Å². The predicted octanol–water partition coefficient (Wildman–Crippen LogP) is 1.22. The van der Waals surface area contributed by atoms with Crippen LogP contribution in [0.5, 0.6) is 0 Å². The van der Waals surface area contributed by atoms with E-state index in [2.05, 4.69) is 0 Å². The quantitative estimate of drug-likeness (QED) is 0.663. The number of morpholine rings is 1. The highest BCUT2D eigenvalue weighted by Gasteiger charge is 2.22. The van der Waals surface area contributed by atoms with Gasteiger partial charge in [-0.25, -0.2) is 0 Å². The van der Waals surface area contributed by atoms with Crippen LogP contribution in [-0.2, 0) is 14.3 Å². The standard InChI is InChI=1S/C12H21NO3/c1-3-4-5-12(14)13-7-9-16-11(10-13)6-8-15-2/h3-4,11H,5-10H2,1-2H3/b4-3+/t11-/m1/s1. The molecule has 0 spiro atoms. The van der Waals surface area contributed by atoms with E-state index in [9.17, 15) is 4.79 Å². The number of rotatable bonds is 5. The molecule has 1 heterocycles. The molecule has 1 rings (SSSR count). The van der Waals surface area contributed by atoms with Crippen LogP contribution in [-0.4, -0.2) is 50.3 Å². The molecule has 92 valence electrons. The zero-order valence-electron chi connectivity index (χ0n) is 10.1. The summed E-state index contributed by atoms with van der Waals surface area (Å²) in [5.74, 6) is 0.184. The smallest absolute Gasteiger partial charge is 0.226 e. The van der Waals surface area contributed by atoms with Gasteiger partial charge in [0.15, 0.2) is 0 Å². The van der Waals surface area contributed by atoms with Crippen molar-refractivity contribution in [2.75, 3.05) is 33.4 Å². The number of ether oxygens (including phenoxy) is 2. The summed E-state index contributed by atoms with van der Waals surface area (Å²) >= 11 is 0. The fraction of sp³-hybridized carbons (Fsp3) is 0.750. The number of carbonyl (C=O) groups is 1. The number of nitrogens with zero attached hydrogens (tertiary/aromatic N) is 1. The minimum Gasteiger partial charge on any atom is -0.385 e. The summed E-state index contributed by atoms with van der Waals surface area (Å²) in [5.41, 5.74) is 0. The van der Waals surface area contributed by atoms with Crippen molar-refractivity contribution in [3.05, 3.63) is 12.2 Å². The van der Waals surface area contributed by atoms with Crippen LogP contribution in [0.4, 0.5) is 0 Å². The Morgan fingerprint density at radius 1 is 1.62 bits per heavy atom. The van der Waals surface area contributed by atoms with E-state index in [1.54, 1.807) is 7.11 Å². The first-order chi connectivity index (χ1) is 7.77. The second-order valence-electron chi connectivity index (χ2n) is 3.89. The number of allylic oxidation sites excluding steroid dienone is 1. The maximum atomic E-state index is 11.8. The summed E-state index contributed by atoms with van der Waals surface area (Å²) < 4.78 is 10.6. The van der Waals surface area contributed by atoms with Gasteiger partial charge >= 0.3 is 0 Å². The largest absolute Gasteiger partial charge is 0.385 e. The van der Waals surface area contributed by atoms with E-state index in [4.69, 9.17) is 9.47 Å². The van der Waals surface area contributed by atoms with Gasteiger partial charge in [-0.05, 0) is 13.3 Å². The molecule has 0 radical (unpaired) electrons. The zero-order chi connectivity index (χ0) is 11.8. The molecule has 1 fully saturated rings. The summed E-state index contributed by atoms with van der Waals surface area (Å²) in [6, 6.07) is 0. The topological polar surface area (TPSA) is 38.8 Å². The summed E-state index contributed by atoms with van der Waals surface area (Å²) in [7, 11) is 1.68. The third kappa shape index (κ3) is 4.33. The fourth-order valence-corrected chi connectivity index (χ4v) is 1.72. The van der Waals surface area contributed by atoms with E-state index in [1.807, 2.05) is 24.0 Å². The van der Waals surface area contributed by atoms with E-state index in [0.717, 1.165) is 6.42 Å². The molecule has 0 aliphatic carbocycles. The summed E-state index contributed by atoms with van der Waals surface area (Å²) in [6.45, 7) is 4.64. The average Bonchev–Trinajstić information content (AvgIpc) is 2.33. The molecule has 4 nitrogen and oxygen atoms in total. The van der Waals surface area contributed by atoms with E-state index in [0.29, 0.717) is 32.7 Å². The van der Waals surface area contributed by atoms with Crippen molar-refractivity contribution in [1.29, 1.82) is 0 Å². The molecule has 0 aromatic heterocycles. The van der Waals surface area contributed by atoms with Gasteiger partial charge < -0.3 is 14.4 Å². The van der Waals surface area contributed by atoms with E-state index < -0.39 is 0 Å². The van der Waals surface area contributed by atoms with E-state index in [-0.39, 0.29) is 12.0 Å². The van der Waals surface area contributed by atoms with Crippen LogP contribution >= 0.6 is 0 Å². The van der Waals surface area contributed by atoms with Crippen LogP contribution in [0.15, 0.2) is 12.2 Å². The van der Waals surface area contributed by atoms with Crippen LogP contribution < -0.4 is 0 Å². The van der Waals surface area contributed by atoms with Crippen LogP contribution in [0.1, 0.15) is 19.8 Å². The molecule has 0 N–H and O–H groups in total. The lowest BCUT2D eigenvalue weighted by atomic mass is 10.2. The Hall–Kier alpha value is -0.870. The molecule has 1 amide bonds. The van der Waals surface area contributed by atoms with Crippen LogP contribution in [0.2, 0.25) is 0 Å². The molecular formula is C12H21NO3. The third-order valence-electron chi connectivity index (χ3n) is 2.66. The van der Waals surface area contributed by atoms with E-state index in [1.165, 1.54) is 0 Å². The SMILES string of the molecule is C/C=C/CC(=O)N1CCO[C@H](CCOC)C1. The highest BCUT2D eigenvalue weighted by atomic mass is 16.5. The lowest BCUT2D eigenvalue weighted by molar-refractivity contribution is -0.138. The summed E-state index contributed by atoms with van der Waals surface area (Å²) in [4.78, 5) is 13.6. The van der Waals surface area contributed by atoms with Crippen LogP contribution in [0, 0.1) is 0 Å². The van der Waals surface area contributed by atoms with Crippen molar-refractivity contribution in [2.45, 2.75) is 25.9 Å². The maximum absolute atomic E-state index is 11.8. The molecule has 0 saturated carbocycles. The summed E-state index contributed by atoms with van der Waals surface area (Å²) in [6.07, 6.45) is 5.27. The van der Waals surface area contributed by atoms with Crippen LogP contribution in [0.25, 0.3) is 0 Å². The van der Waals surface area contributed by atoms with Crippen molar-refractivity contribution in [3.8, 4) is 0 Å². The van der Waals surface area contributed by atoms with Gasteiger partial charge in [-0.15, -0.1) is 0 Å². The lowest BCUT2D eigenvalue weighted by Gasteiger charge is -2.32. The third-order valence-corrected chi connectivity index (χ3v) is 2.66. The molecule has 1 saturated heterocycles. The van der Waals surface area contributed by atoms with Crippen LogP contribution in [0.3, 0.4) is 0 Å². The molecule has 1 aliphatic heterocycles. The minimum absolute atomic E-state index is 0.128. The maximum Gasteiger partial charge on any atom is 0.226 e. The highest BCUT2D eigenvalue weighted by Crippen LogP contribution is 2.10. The first kappa shape index (κ1) is 13.2. The Labute approximate surface area is 97.2 Å². The Morgan fingerprint density at radius 3 is 3.12 bits per heavy atom. The minimum atomic E-state index is 0.128. The van der Waals surface area contributed by atoms with Gasteiger partial charge in [0.1, 0.15) is 0 Å². The average molecular weight is 227 g/mol. The zero-order valence-corrected chi connectivity index (χ0v) is 10.1. The number of methoxy groups -OCH3 is 1. The van der Waals surface area contributed by atoms with Crippen molar-refractivity contribution >= 4 is 5.91 Å². The molecule has 0 aromatic carbocycles. The molecule has 0 bridgehead atoms. The second kappa shape index (κ2) is 7.41. The fourth-order valence-electron chi connectivity index (χ4n) is 1.72. The molecule has 4 heteroatoms. The van der Waals surface area contributed by atoms with Gasteiger partial charge in [0.05, 0.1) is 12.7 Å². The Kier molecular flexibility index (Phi) is 6.11. The molecule has 16 heavy (non-hydrogen) atoms. The molecule has 1 aliphatic rings. The van der Waals surface area contributed by atoms with Gasteiger partial charge in [0, 0.05) is 33.2 Å². The normalized spacial score (nSPS) is 21.6. The first-order valence-electron chi connectivity index (χ1n) is 5.77. The number of hydrogen-bond acceptors (Lipinski definition) is 3. The molecule has 1 atom stereocenters. The second-order valence-corrected chi connectivity index (χ2v) is 3.89. The molecule has 0 aromatic rings. The van der Waals surface area contributed by atoms with Gasteiger partial charge in [-0.2, -0.15) is 0 Å². The van der Waals surface area contributed by atoms with Crippen molar-refractivity contribution < 1.29 is 14.3 Å². The summed E-state index contributed by atoms with van der Waals surface area (Å²) in [5, 5.41) is 0. The van der Waals surface area contributed by atoms with Crippen molar-refractivity contribution in [2.24, 2.45) is 0 Å². The van der Waals surface area contributed by atoms with Crippen molar-refractivity contribution in [1.82, 2.24) is 4.90 Å². The molecular weight excluding hydrogens is 206 g/mol.